The zero-order valence-electron chi connectivity index (χ0n) is 12.2. The van der Waals surface area contributed by atoms with E-state index in [4.69, 9.17) is 9.47 Å². The monoisotopic (exact) mass is 281 g/mol. The van der Waals surface area contributed by atoms with E-state index in [-0.39, 0.29) is 5.60 Å². The highest BCUT2D eigenvalue weighted by molar-refractivity contribution is 5.04. The van der Waals surface area contributed by atoms with Crippen LogP contribution in [0.3, 0.4) is 0 Å². The molecule has 1 unspecified atom stereocenters. The molecule has 0 aromatic carbocycles. The van der Waals surface area contributed by atoms with Gasteiger partial charge in [0.1, 0.15) is 11.3 Å². The third kappa shape index (κ3) is 2.73. The Hall–Kier alpha value is -0.980. The minimum Gasteiger partial charge on any atom is -0.384 e. The van der Waals surface area contributed by atoms with Crippen molar-refractivity contribution in [1.29, 1.82) is 0 Å². The van der Waals surface area contributed by atoms with Gasteiger partial charge in [-0.3, -0.25) is 0 Å². The zero-order valence-corrected chi connectivity index (χ0v) is 12.2. The van der Waals surface area contributed by atoms with Gasteiger partial charge in [-0.1, -0.05) is 5.21 Å². The summed E-state index contributed by atoms with van der Waals surface area (Å²) >= 11 is 0. The summed E-state index contributed by atoms with van der Waals surface area (Å²) in [5.74, 6) is 0. The fraction of sp³-hybridized carbons (Fsp3) is 0.857. The van der Waals surface area contributed by atoms with Crippen molar-refractivity contribution in [3.05, 3.63) is 11.9 Å². The van der Waals surface area contributed by atoms with Crippen LogP contribution in [0.25, 0.3) is 0 Å². The van der Waals surface area contributed by atoms with Crippen molar-refractivity contribution in [3.8, 4) is 0 Å². The lowest BCUT2D eigenvalue weighted by Crippen LogP contribution is -2.44. The number of nitrogens with zero attached hydrogens (tertiary/aromatic N) is 3. The SMILES string of the molecule is CC(C)(O)c1cn(C2CCOC3(CCOCC3)C2)nn1. The summed E-state index contributed by atoms with van der Waals surface area (Å²) in [5, 5.41) is 18.3. The Morgan fingerprint density at radius 1 is 1.35 bits per heavy atom. The van der Waals surface area contributed by atoms with Gasteiger partial charge in [-0.05, 0) is 39.5 Å². The number of ether oxygens (including phenoxy) is 2. The van der Waals surface area contributed by atoms with Gasteiger partial charge in [0.15, 0.2) is 0 Å². The Balaban J connectivity index is 1.75. The highest BCUT2D eigenvalue weighted by atomic mass is 16.5. The van der Waals surface area contributed by atoms with E-state index in [0.717, 1.165) is 45.5 Å². The molecule has 3 rings (SSSR count). The summed E-state index contributed by atoms with van der Waals surface area (Å²) in [6.45, 7) is 5.76. The summed E-state index contributed by atoms with van der Waals surface area (Å²) in [4.78, 5) is 0. The quantitative estimate of drug-likeness (QED) is 0.887. The molecule has 6 nitrogen and oxygen atoms in total. The van der Waals surface area contributed by atoms with E-state index in [9.17, 15) is 5.11 Å². The van der Waals surface area contributed by atoms with Crippen molar-refractivity contribution in [3.63, 3.8) is 0 Å². The van der Waals surface area contributed by atoms with Gasteiger partial charge in [0, 0.05) is 19.8 Å². The second-order valence-electron chi connectivity index (χ2n) is 6.43. The average molecular weight is 281 g/mol. The molecule has 6 heteroatoms. The smallest absolute Gasteiger partial charge is 0.114 e. The molecule has 0 amide bonds. The van der Waals surface area contributed by atoms with Crippen LogP contribution in [0.15, 0.2) is 6.20 Å². The van der Waals surface area contributed by atoms with E-state index in [1.54, 1.807) is 13.8 Å². The van der Waals surface area contributed by atoms with Crippen molar-refractivity contribution in [2.24, 2.45) is 0 Å². The van der Waals surface area contributed by atoms with E-state index in [1.807, 2.05) is 10.9 Å². The number of aliphatic hydroxyl groups is 1. The van der Waals surface area contributed by atoms with Crippen LogP contribution in [0, 0.1) is 0 Å². The van der Waals surface area contributed by atoms with E-state index in [2.05, 4.69) is 10.3 Å². The summed E-state index contributed by atoms with van der Waals surface area (Å²) in [6, 6.07) is 0.297. The summed E-state index contributed by atoms with van der Waals surface area (Å²) in [6.07, 6.45) is 5.67. The molecule has 0 radical (unpaired) electrons. The van der Waals surface area contributed by atoms with Gasteiger partial charge < -0.3 is 14.6 Å². The van der Waals surface area contributed by atoms with Crippen LogP contribution in [-0.2, 0) is 15.1 Å². The predicted molar refractivity (Wildman–Crippen MR) is 72.3 cm³/mol. The zero-order chi connectivity index (χ0) is 14.2. The molecule has 2 aliphatic heterocycles. The first kappa shape index (κ1) is 14.0. The van der Waals surface area contributed by atoms with E-state index >= 15 is 0 Å². The Labute approximate surface area is 119 Å². The van der Waals surface area contributed by atoms with Crippen molar-refractivity contribution < 1.29 is 14.6 Å². The highest BCUT2D eigenvalue weighted by Crippen LogP contribution is 2.39. The fourth-order valence-corrected chi connectivity index (χ4v) is 3.06. The normalized spacial score (nSPS) is 26.9. The maximum atomic E-state index is 9.99. The first-order chi connectivity index (χ1) is 9.49. The van der Waals surface area contributed by atoms with Crippen molar-refractivity contribution >= 4 is 0 Å². The molecule has 2 aliphatic rings. The highest BCUT2D eigenvalue weighted by Gasteiger charge is 2.40. The largest absolute Gasteiger partial charge is 0.384 e. The standard InChI is InChI=1S/C14H23N3O3/c1-13(2,18)12-10-17(16-15-12)11-3-6-20-14(9-11)4-7-19-8-5-14/h10-11,18H,3-9H2,1-2H3. The molecule has 3 heterocycles. The predicted octanol–water partition coefficient (Wildman–Crippen LogP) is 1.41. The molecule has 0 saturated carbocycles. The molecule has 112 valence electrons. The fourth-order valence-electron chi connectivity index (χ4n) is 3.06. The van der Waals surface area contributed by atoms with Gasteiger partial charge in [0.05, 0.1) is 17.8 Å². The minimum atomic E-state index is -0.945. The molecule has 1 spiro atoms. The van der Waals surface area contributed by atoms with Gasteiger partial charge in [-0.2, -0.15) is 0 Å². The Kier molecular flexibility index (Phi) is 3.56. The molecule has 1 aromatic heterocycles. The Morgan fingerprint density at radius 3 is 2.75 bits per heavy atom. The van der Waals surface area contributed by atoms with Gasteiger partial charge >= 0.3 is 0 Å². The molecule has 1 atom stereocenters. The maximum absolute atomic E-state index is 9.99. The molecule has 2 fully saturated rings. The number of hydrogen-bond donors (Lipinski definition) is 1. The molecule has 0 aliphatic carbocycles. The molecular weight excluding hydrogens is 258 g/mol. The van der Waals surface area contributed by atoms with Crippen molar-refractivity contribution in [2.45, 2.75) is 56.8 Å². The van der Waals surface area contributed by atoms with E-state index in [1.165, 1.54) is 0 Å². The van der Waals surface area contributed by atoms with Crippen LogP contribution < -0.4 is 0 Å². The van der Waals surface area contributed by atoms with E-state index in [0.29, 0.717) is 11.7 Å². The third-order valence-electron chi connectivity index (χ3n) is 4.38. The average Bonchev–Trinajstić information content (AvgIpc) is 2.89. The number of aromatic nitrogens is 3. The van der Waals surface area contributed by atoms with Crippen molar-refractivity contribution in [1.82, 2.24) is 15.0 Å². The van der Waals surface area contributed by atoms with Gasteiger partial charge in [-0.25, -0.2) is 4.68 Å². The van der Waals surface area contributed by atoms with Crippen LogP contribution in [0.1, 0.15) is 51.3 Å². The summed E-state index contributed by atoms with van der Waals surface area (Å²) in [7, 11) is 0. The Morgan fingerprint density at radius 2 is 2.10 bits per heavy atom. The lowest BCUT2D eigenvalue weighted by Gasteiger charge is -2.43. The first-order valence-corrected chi connectivity index (χ1v) is 7.35. The minimum absolute atomic E-state index is 0.0536. The van der Waals surface area contributed by atoms with Crippen LogP contribution in [0.4, 0.5) is 0 Å². The second-order valence-corrected chi connectivity index (χ2v) is 6.43. The maximum Gasteiger partial charge on any atom is 0.114 e. The number of rotatable bonds is 2. The third-order valence-corrected chi connectivity index (χ3v) is 4.38. The van der Waals surface area contributed by atoms with Crippen LogP contribution in [0.2, 0.25) is 0 Å². The van der Waals surface area contributed by atoms with Crippen LogP contribution in [0.5, 0.6) is 0 Å². The molecule has 1 N–H and O–H groups in total. The van der Waals surface area contributed by atoms with Crippen molar-refractivity contribution in [2.75, 3.05) is 19.8 Å². The lowest BCUT2D eigenvalue weighted by molar-refractivity contribution is -0.145. The van der Waals surface area contributed by atoms with Gasteiger partial charge in [0.25, 0.3) is 0 Å². The first-order valence-electron chi connectivity index (χ1n) is 7.35. The van der Waals surface area contributed by atoms with Crippen LogP contribution in [-0.4, -0.2) is 45.5 Å². The molecular formula is C14H23N3O3. The summed E-state index contributed by atoms with van der Waals surface area (Å²) in [5.41, 5.74) is -0.382. The lowest BCUT2D eigenvalue weighted by atomic mass is 9.84. The van der Waals surface area contributed by atoms with E-state index < -0.39 is 5.60 Å². The molecule has 2 saturated heterocycles. The van der Waals surface area contributed by atoms with Gasteiger partial charge in [-0.15, -0.1) is 5.10 Å². The van der Waals surface area contributed by atoms with Gasteiger partial charge in [0.2, 0.25) is 0 Å². The number of hydrogen-bond acceptors (Lipinski definition) is 5. The molecule has 0 bridgehead atoms. The second kappa shape index (κ2) is 5.09. The topological polar surface area (TPSA) is 69.4 Å². The van der Waals surface area contributed by atoms with Crippen LogP contribution >= 0.6 is 0 Å². The molecule has 1 aromatic rings. The Bertz CT molecular complexity index is 455. The molecule has 20 heavy (non-hydrogen) atoms. The summed E-state index contributed by atoms with van der Waals surface area (Å²) < 4.78 is 13.4.